The number of hydrogen-bond donors (Lipinski definition) is 0. The summed E-state index contributed by atoms with van der Waals surface area (Å²) in [6.45, 7) is 0. The molecule has 5 nitrogen and oxygen atoms in total. The minimum Gasteiger partial charge on any atom is -0.308 e. The molecule has 288 valence electrons. The fourth-order valence-corrected chi connectivity index (χ4v) is 9.64. The summed E-state index contributed by atoms with van der Waals surface area (Å²) >= 11 is 0. The molecule has 0 aliphatic heterocycles. The monoisotopic (exact) mass is 789 g/mol. The molecule has 0 amide bonds. The van der Waals surface area contributed by atoms with Gasteiger partial charge in [0.15, 0.2) is 5.82 Å². The van der Waals surface area contributed by atoms with Crippen molar-refractivity contribution in [2.75, 3.05) is 0 Å². The van der Waals surface area contributed by atoms with Crippen molar-refractivity contribution in [2.45, 2.75) is 0 Å². The molecule has 13 aromatic rings. The third-order valence-electron chi connectivity index (χ3n) is 12.5. The summed E-state index contributed by atoms with van der Waals surface area (Å²) in [5, 5.41) is 12.7. The lowest BCUT2D eigenvalue weighted by Gasteiger charge is -2.12. The Morgan fingerprint density at radius 2 is 0.855 bits per heavy atom. The van der Waals surface area contributed by atoms with E-state index in [0.29, 0.717) is 5.82 Å². The van der Waals surface area contributed by atoms with Gasteiger partial charge in [-0.2, -0.15) is 5.10 Å². The smallest absolute Gasteiger partial charge is 0.160 e. The highest BCUT2D eigenvalue weighted by Gasteiger charge is 2.23. The van der Waals surface area contributed by atoms with E-state index in [1.165, 1.54) is 43.5 Å². The second kappa shape index (κ2) is 13.6. The highest BCUT2D eigenvalue weighted by Crippen LogP contribution is 2.44. The van der Waals surface area contributed by atoms with E-state index >= 15 is 0 Å². The zero-order valence-corrected chi connectivity index (χ0v) is 33.4. The molecule has 5 heterocycles. The van der Waals surface area contributed by atoms with Crippen molar-refractivity contribution in [1.29, 1.82) is 0 Å². The first-order valence-electron chi connectivity index (χ1n) is 21.0. The second-order valence-electron chi connectivity index (χ2n) is 16.0. The first-order chi connectivity index (χ1) is 30.7. The molecule has 0 saturated heterocycles. The van der Waals surface area contributed by atoms with Crippen LogP contribution in [0.2, 0.25) is 0 Å². The normalized spacial score (nSPS) is 11.9. The van der Waals surface area contributed by atoms with E-state index in [9.17, 15) is 0 Å². The maximum Gasteiger partial charge on any atom is 0.160 e. The number of pyridine rings is 1. The van der Waals surface area contributed by atoms with Crippen LogP contribution in [-0.4, -0.2) is 24.0 Å². The van der Waals surface area contributed by atoms with Crippen molar-refractivity contribution in [3.05, 3.63) is 212 Å². The molecule has 0 aliphatic carbocycles. The van der Waals surface area contributed by atoms with Gasteiger partial charge in [-0.15, -0.1) is 0 Å². The summed E-state index contributed by atoms with van der Waals surface area (Å²) in [6, 6.07) is 75.3. The molecule has 0 aliphatic rings. The highest BCUT2D eigenvalue weighted by molar-refractivity contribution is 6.24. The molecular formula is C57H35N5. The fraction of sp³-hybridized carbons (Fsp3) is 0. The highest BCUT2D eigenvalue weighted by atomic mass is 15.2. The van der Waals surface area contributed by atoms with Crippen LogP contribution < -0.4 is 0 Å². The van der Waals surface area contributed by atoms with E-state index in [-0.39, 0.29) is 0 Å². The van der Waals surface area contributed by atoms with Crippen molar-refractivity contribution < 1.29 is 0 Å². The van der Waals surface area contributed by atoms with Crippen LogP contribution >= 0.6 is 0 Å². The third-order valence-corrected chi connectivity index (χ3v) is 12.5. The quantitative estimate of drug-likeness (QED) is 0.169. The zero-order valence-electron chi connectivity index (χ0n) is 33.4. The van der Waals surface area contributed by atoms with Crippen LogP contribution in [0.25, 0.3) is 122 Å². The maximum atomic E-state index is 5.42. The SMILES string of the molecule is c1ccc(-c2nc(-c3ccc(-c4c(-c5ccccc5)nn5c(-c6ccccc6)cc6ccccc6c45)cc3)cc(-c3cc4c5ccccc5n5c6ccccc6c(c3)c45)n2)cc1. The van der Waals surface area contributed by atoms with E-state index in [4.69, 9.17) is 15.1 Å². The van der Waals surface area contributed by atoms with Gasteiger partial charge in [0.2, 0.25) is 0 Å². The maximum absolute atomic E-state index is 5.42. The topological polar surface area (TPSA) is 47.5 Å². The average Bonchev–Trinajstić information content (AvgIpc) is 4.03. The molecule has 0 saturated carbocycles. The van der Waals surface area contributed by atoms with Crippen molar-refractivity contribution in [2.24, 2.45) is 0 Å². The third kappa shape index (κ3) is 5.25. The molecule has 13 rings (SSSR count). The first kappa shape index (κ1) is 34.5. The number of nitrogens with zero attached hydrogens (tertiary/aromatic N) is 5. The fourth-order valence-electron chi connectivity index (χ4n) is 9.64. The Labute approximate surface area is 356 Å². The summed E-state index contributed by atoms with van der Waals surface area (Å²) < 4.78 is 4.56. The largest absolute Gasteiger partial charge is 0.308 e. The van der Waals surface area contributed by atoms with E-state index in [1.54, 1.807) is 0 Å². The molecule has 0 unspecified atom stereocenters. The Balaban J connectivity index is 1.02. The Morgan fingerprint density at radius 3 is 1.50 bits per heavy atom. The Morgan fingerprint density at radius 1 is 0.339 bits per heavy atom. The molecule has 0 spiro atoms. The molecule has 0 N–H and O–H groups in total. The van der Waals surface area contributed by atoms with Gasteiger partial charge in [-0.25, -0.2) is 14.5 Å². The molecule has 0 radical (unpaired) electrons. The van der Waals surface area contributed by atoms with Crippen LogP contribution in [0.4, 0.5) is 0 Å². The van der Waals surface area contributed by atoms with Gasteiger partial charge >= 0.3 is 0 Å². The second-order valence-corrected chi connectivity index (χ2v) is 16.0. The van der Waals surface area contributed by atoms with Crippen LogP contribution in [0, 0.1) is 0 Å². The number of rotatable bonds is 6. The Kier molecular flexibility index (Phi) is 7.54. The molecule has 8 aromatic carbocycles. The van der Waals surface area contributed by atoms with Crippen molar-refractivity contribution in [1.82, 2.24) is 24.0 Å². The van der Waals surface area contributed by atoms with E-state index in [2.05, 4.69) is 203 Å². The van der Waals surface area contributed by atoms with E-state index < -0.39 is 0 Å². The summed E-state index contributed by atoms with van der Waals surface area (Å²) in [5.74, 6) is 0.690. The number of fused-ring (bicyclic) bond motifs is 9. The number of aromatic nitrogens is 5. The molecule has 5 aromatic heterocycles. The number of hydrogen-bond acceptors (Lipinski definition) is 3. The summed E-state index contributed by atoms with van der Waals surface area (Å²) in [6.07, 6.45) is 0. The lowest BCUT2D eigenvalue weighted by atomic mass is 9.95. The van der Waals surface area contributed by atoms with Gasteiger partial charge < -0.3 is 4.40 Å². The van der Waals surface area contributed by atoms with Crippen LogP contribution in [0.1, 0.15) is 0 Å². The van der Waals surface area contributed by atoms with Gasteiger partial charge in [-0.1, -0.05) is 176 Å². The number of para-hydroxylation sites is 2. The summed E-state index contributed by atoms with van der Waals surface area (Å²) in [7, 11) is 0. The van der Waals surface area contributed by atoms with Gasteiger partial charge in [0.25, 0.3) is 0 Å². The molecule has 62 heavy (non-hydrogen) atoms. The molecule has 5 heteroatoms. The van der Waals surface area contributed by atoms with E-state index in [0.717, 1.165) is 72.6 Å². The average molecular weight is 790 g/mol. The minimum absolute atomic E-state index is 0.690. The first-order valence-corrected chi connectivity index (χ1v) is 21.0. The van der Waals surface area contributed by atoms with Crippen molar-refractivity contribution in [3.63, 3.8) is 0 Å². The summed E-state index contributed by atoms with van der Waals surface area (Å²) in [5.41, 5.74) is 15.9. The van der Waals surface area contributed by atoms with Crippen LogP contribution in [-0.2, 0) is 0 Å². The molecule has 0 bridgehead atoms. The van der Waals surface area contributed by atoms with Crippen LogP contribution in [0.15, 0.2) is 212 Å². The molecular weight excluding hydrogens is 755 g/mol. The van der Waals surface area contributed by atoms with Crippen LogP contribution in [0.5, 0.6) is 0 Å². The molecule has 0 fully saturated rings. The Hall–Kier alpha value is -8.41. The van der Waals surface area contributed by atoms with Gasteiger partial charge in [0.05, 0.1) is 39.1 Å². The lowest BCUT2D eigenvalue weighted by molar-refractivity contribution is 0.979. The lowest BCUT2D eigenvalue weighted by Crippen LogP contribution is -1.96. The molecule has 0 atom stereocenters. The van der Waals surface area contributed by atoms with Gasteiger partial charge in [0, 0.05) is 60.3 Å². The summed E-state index contributed by atoms with van der Waals surface area (Å²) in [4.78, 5) is 10.5. The van der Waals surface area contributed by atoms with Gasteiger partial charge in [-0.05, 0) is 47.3 Å². The zero-order chi connectivity index (χ0) is 40.7. The predicted molar refractivity (Wildman–Crippen MR) is 256 cm³/mol. The Bertz CT molecular complexity index is 3750. The minimum atomic E-state index is 0.690. The number of benzene rings is 8. The predicted octanol–water partition coefficient (Wildman–Crippen LogP) is 14.4. The van der Waals surface area contributed by atoms with Crippen LogP contribution in [0.3, 0.4) is 0 Å². The van der Waals surface area contributed by atoms with Crippen molar-refractivity contribution >= 4 is 54.4 Å². The van der Waals surface area contributed by atoms with E-state index in [1.807, 2.05) is 18.2 Å². The van der Waals surface area contributed by atoms with Gasteiger partial charge in [0.1, 0.15) is 5.69 Å². The van der Waals surface area contributed by atoms with Gasteiger partial charge in [-0.3, -0.25) is 0 Å². The van der Waals surface area contributed by atoms with Crippen molar-refractivity contribution in [3.8, 4) is 67.5 Å². The standard InChI is InChI=1S/C57H35N5/c1-4-16-37(17-5-1)52-34-41-22-10-11-23-43(41)56-53(54(60-62(52)56)39-18-6-2-7-19-39)38-30-28-36(29-31-38)48-35-49(59-57(58-48)40-20-8-3-9-21-40)42-32-46-44-24-12-14-26-50(44)61-51-27-15-13-25-45(51)47(33-42)55(46)61/h1-35H.